The highest BCUT2D eigenvalue weighted by Gasteiger charge is 2.26. The van der Waals surface area contributed by atoms with Crippen LogP contribution in [0.5, 0.6) is 0 Å². The molecule has 1 aromatic carbocycles. The zero-order valence-corrected chi connectivity index (χ0v) is 13.6. The SMILES string of the molecule is Cc1ccc(COC(=O)NCC2CCC(C(=O)O)CC2)cc1.N. The number of ether oxygens (including phenoxy) is 1. The van der Waals surface area contributed by atoms with Crippen molar-refractivity contribution in [1.82, 2.24) is 11.5 Å². The maximum absolute atomic E-state index is 11.7. The first-order chi connectivity index (χ1) is 10.5. The molecule has 0 aliphatic heterocycles. The highest BCUT2D eigenvalue weighted by atomic mass is 16.5. The summed E-state index contributed by atoms with van der Waals surface area (Å²) >= 11 is 0. The van der Waals surface area contributed by atoms with Gasteiger partial charge in [-0.3, -0.25) is 4.79 Å². The van der Waals surface area contributed by atoms with Gasteiger partial charge in [-0.1, -0.05) is 29.8 Å². The van der Waals surface area contributed by atoms with E-state index in [-0.39, 0.29) is 18.7 Å². The maximum atomic E-state index is 11.7. The third kappa shape index (κ3) is 6.28. The van der Waals surface area contributed by atoms with Gasteiger partial charge in [0, 0.05) is 6.54 Å². The number of carbonyl (C=O) groups is 2. The van der Waals surface area contributed by atoms with Gasteiger partial charge in [0.2, 0.25) is 0 Å². The minimum absolute atomic E-state index is 0. The normalized spacial score (nSPS) is 20.2. The highest BCUT2D eigenvalue weighted by molar-refractivity contribution is 5.70. The van der Waals surface area contributed by atoms with Crippen molar-refractivity contribution in [2.24, 2.45) is 11.8 Å². The van der Waals surface area contributed by atoms with E-state index in [0.29, 0.717) is 25.3 Å². The van der Waals surface area contributed by atoms with Crippen LogP contribution in [0.1, 0.15) is 36.8 Å². The molecule has 1 saturated carbocycles. The van der Waals surface area contributed by atoms with Crippen LogP contribution in [0, 0.1) is 18.8 Å². The lowest BCUT2D eigenvalue weighted by Gasteiger charge is -2.25. The molecule has 0 saturated heterocycles. The molecule has 0 atom stereocenters. The van der Waals surface area contributed by atoms with Crippen LogP contribution < -0.4 is 11.5 Å². The molecule has 6 nitrogen and oxygen atoms in total. The van der Waals surface area contributed by atoms with Gasteiger partial charge < -0.3 is 21.3 Å². The molecular formula is C17H26N2O4. The lowest BCUT2D eigenvalue weighted by Crippen LogP contribution is -2.32. The quantitative estimate of drug-likeness (QED) is 0.770. The van der Waals surface area contributed by atoms with Gasteiger partial charge in [0.1, 0.15) is 6.61 Å². The fourth-order valence-corrected chi connectivity index (χ4v) is 2.73. The van der Waals surface area contributed by atoms with Gasteiger partial charge in [0.05, 0.1) is 5.92 Å². The molecule has 1 aliphatic rings. The summed E-state index contributed by atoms with van der Waals surface area (Å²) < 4.78 is 5.17. The number of rotatable bonds is 5. The van der Waals surface area contributed by atoms with Crippen LogP contribution in [0.15, 0.2) is 24.3 Å². The van der Waals surface area contributed by atoms with Crippen LogP contribution in [0.25, 0.3) is 0 Å². The van der Waals surface area contributed by atoms with Crippen molar-refractivity contribution in [2.45, 2.75) is 39.2 Å². The van der Waals surface area contributed by atoms with Gasteiger partial charge in [-0.15, -0.1) is 0 Å². The standard InChI is InChI=1S/C17H23NO4.H3N/c1-12-2-4-14(5-3-12)11-22-17(21)18-10-13-6-8-15(9-7-13)16(19)20;/h2-5,13,15H,6-11H2,1H3,(H,18,21)(H,19,20);1H3. The van der Waals surface area contributed by atoms with E-state index in [1.54, 1.807) is 0 Å². The van der Waals surface area contributed by atoms with E-state index in [9.17, 15) is 9.59 Å². The van der Waals surface area contributed by atoms with Crippen LogP contribution in [-0.4, -0.2) is 23.7 Å². The Morgan fingerprint density at radius 3 is 2.35 bits per heavy atom. The number of benzene rings is 1. The van der Waals surface area contributed by atoms with Crippen LogP contribution in [-0.2, 0) is 16.1 Å². The Kier molecular flexibility index (Phi) is 7.54. The van der Waals surface area contributed by atoms with Gasteiger partial charge in [-0.25, -0.2) is 4.79 Å². The summed E-state index contributed by atoms with van der Waals surface area (Å²) in [7, 11) is 0. The first-order valence-electron chi connectivity index (χ1n) is 7.73. The average Bonchev–Trinajstić information content (AvgIpc) is 2.52. The number of alkyl carbamates (subject to hydrolysis) is 1. The predicted octanol–water partition coefficient (Wildman–Crippen LogP) is 3.27. The fraction of sp³-hybridized carbons (Fsp3) is 0.529. The highest BCUT2D eigenvalue weighted by Crippen LogP contribution is 2.28. The Morgan fingerprint density at radius 1 is 1.17 bits per heavy atom. The summed E-state index contributed by atoms with van der Waals surface area (Å²) in [6, 6.07) is 7.85. The first kappa shape index (κ1) is 19.0. The van der Waals surface area contributed by atoms with Crippen LogP contribution in [0.4, 0.5) is 4.79 Å². The van der Waals surface area contributed by atoms with E-state index in [4.69, 9.17) is 9.84 Å². The minimum Gasteiger partial charge on any atom is -0.481 e. The molecule has 0 heterocycles. The van der Waals surface area contributed by atoms with Gasteiger partial charge in [0.25, 0.3) is 0 Å². The molecule has 1 aliphatic carbocycles. The molecule has 6 heteroatoms. The number of aryl methyl sites for hydroxylation is 1. The second kappa shape index (κ2) is 9.15. The van der Waals surface area contributed by atoms with E-state index in [2.05, 4.69) is 5.32 Å². The van der Waals surface area contributed by atoms with Crippen molar-refractivity contribution >= 4 is 12.1 Å². The summed E-state index contributed by atoms with van der Waals surface area (Å²) in [6.45, 7) is 2.83. The molecular weight excluding hydrogens is 296 g/mol. The van der Waals surface area contributed by atoms with Crippen molar-refractivity contribution in [3.05, 3.63) is 35.4 Å². The van der Waals surface area contributed by atoms with Crippen molar-refractivity contribution in [3.63, 3.8) is 0 Å². The number of hydrogen-bond acceptors (Lipinski definition) is 4. The molecule has 0 bridgehead atoms. The maximum Gasteiger partial charge on any atom is 0.407 e. The van der Waals surface area contributed by atoms with Crippen molar-refractivity contribution in [2.75, 3.05) is 6.54 Å². The van der Waals surface area contributed by atoms with Gasteiger partial charge in [0.15, 0.2) is 0 Å². The molecule has 1 amide bonds. The Labute approximate surface area is 136 Å². The van der Waals surface area contributed by atoms with Crippen molar-refractivity contribution < 1.29 is 19.4 Å². The molecule has 1 fully saturated rings. The van der Waals surface area contributed by atoms with E-state index in [1.807, 2.05) is 31.2 Å². The molecule has 2 rings (SSSR count). The number of carboxylic acids is 1. The third-order valence-corrected chi connectivity index (χ3v) is 4.22. The van der Waals surface area contributed by atoms with Crippen LogP contribution in [0.3, 0.4) is 0 Å². The van der Waals surface area contributed by atoms with E-state index in [1.165, 1.54) is 5.56 Å². The summed E-state index contributed by atoms with van der Waals surface area (Å²) in [5.41, 5.74) is 2.13. The summed E-state index contributed by atoms with van der Waals surface area (Å²) in [4.78, 5) is 22.5. The van der Waals surface area contributed by atoms with E-state index in [0.717, 1.165) is 18.4 Å². The first-order valence-corrected chi connectivity index (χ1v) is 7.73. The number of carbonyl (C=O) groups excluding carboxylic acids is 1. The molecule has 0 radical (unpaired) electrons. The van der Waals surface area contributed by atoms with Crippen LogP contribution >= 0.6 is 0 Å². The van der Waals surface area contributed by atoms with E-state index >= 15 is 0 Å². The summed E-state index contributed by atoms with van der Waals surface area (Å²) in [5, 5.41) is 11.7. The lowest BCUT2D eigenvalue weighted by atomic mass is 9.82. The van der Waals surface area contributed by atoms with Crippen molar-refractivity contribution in [1.29, 1.82) is 0 Å². The third-order valence-electron chi connectivity index (χ3n) is 4.22. The number of aliphatic carboxylic acids is 1. The predicted molar refractivity (Wildman–Crippen MR) is 87.5 cm³/mol. The molecule has 128 valence electrons. The Balaban J connectivity index is 0.00000264. The summed E-state index contributed by atoms with van der Waals surface area (Å²) in [6.07, 6.45) is 2.66. The Hall–Kier alpha value is -2.08. The molecule has 0 aromatic heterocycles. The van der Waals surface area contributed by atoms with Gasteiger partial charge in [-0.05, 0) is 44.1 Å². The molecule has 23 heavy (non-hydrogen) atoms. The molecule has 0 unspecified atom stereocenters. The lowest BCUT2D eigenvalue weighted by molar-refractivity contribution is -0.143. The second-order valence-corrected chi connectivity index (χ2v) is 6.00. The monoisotopic (exact) mass is 322 g/mol. The average molecular weight is 322 g/mol. The molecule has 1 aromatic rings. The Bertz CT molecular complexity index is 508. The van der Waals surface area contributed by atoms with Crippen LogP contribution in [0.2, 0.25) is 0 Å². The van der Waals surface area contributed by atoms with E-state index < -0.39 is 12.1 Å². The number of nitrogens with one attached hydrogen (secondary N) is 1. The minimum atomic E-state index is -0.705. The number of hydrogen-bond donors (Lipinski definition) is 3. The van der Waals surface area contributed by atoms with Gasteiger partial charge in [-0.2, -0.15) is 0 Å². The smallest absolute Gasteiger partial charge is 0.407 e. The molecule has 0 spiro atoms. The largest absolute Gasteiger partial charge is 0.481 e. The van der Waals surface area contributed by atoms with Crippen molar-refractivity contribution in [3.8, 4) is 0 Å². The second-order valence-electron chi connectivity index (χ2n) is 6.00. The topological polar surface area (TPSA) is 111 Å². The molecule has 5 N–H and O–H groups in total. The fourth-order valence-electron chi connectivity index (χ4n) is 2.73. The van der Waals surface area contributed by atoms with Gasteiger partial charge >= 0.3 is 12.1 Å². The number of amides is 1. The zero-order chi connectivity index (χ0) is 15.9. The zero-order valence-electron chi connectivity index (χ0n) is 13.6. The summed E-state index contributed by atoms with van der Waals surface area (Å²) in [5.74, 6) is -0.573. The number of carboxylic acid groups (broad SMARTS) is 1. The Morgan fingerprint density at radius 2 is 1.78 bits per heavy atom.